The van der Waals surface area contributed by atoms with Crippen LogP contribution in [0.5, 0.6) is 0 Å². The second kappa shape index (κ2) is 5.19. The fourth-order valence-electron chi connectivity index (χ4n) is 3.20. The molecule has 1 saturated carbocycles. The minimum absolute atomic E-state index is 0.703. The van der Waals surface area contributed by atoms with Crippen molar-refractivity contribution in [2.45, 2.75) is 72.6 Å². The summed E-state index contributed by atoms with van der Waals surface area (Å²) in [6, 6.07) is 0. The van der Waals surface area contributed by atoms with Crippen LogP contribution in [-0.2, 0) is 0 Å². The Bertz CT molecular complexity index is 157. The van der Waals surface area contributed by atoms with Crippen LogP contribution in [0.4, 0.5) is 0 Å². The second-order valence-electron chi connectivity index (χ2n) is 5.65. The Kier molecular flexibility index (Phi) is 4.47. The topological polar surface area (TPSA) is 0 Å². The number of unbranched alkanes of at least 4 members (excludes halogenated alkanes) is 2. The fourth-order valence-corrected chi connectivity index (χ4v) is 3.20. The van der Waals surface area contributed by atoms with Gasteiger partial charge in [0.2, 0.25) is 0 Å². The van der Waals surface area contributed by atoms with Gasteiger partial charge in [-0.15, -0.1) is 0 Å². The van der Waals surface area contributed by atoms with Crippen molar-refractivity contribution in [1.82, 2.24) is 0 Å². The molecule has 0 nitrogen and oxygen atoms in total. The summed E-state index contributed by atoms with van der Waals surface area (Å²) in [6.45, 7) is 9.61. The highest BCUT2D eigenvalue weighted by Gasteiger charge is 2.45. The van der Waals surface area contributed by atoms with Crippen LogP contribution in [0.2, 0.25) is 0 Å². The van der Waals surface area contributed by atoms with Gasteiger partial charge in [-0.25, -0.2) is 0 Å². The highest BCUT2D eigenvalue weighted by Crippen LogP contribution is 2.55. The SMILES string of the molecule is CCCCCC1(C)CC(CCC)C1C. The van der Waals surface area contributed by atoms with Crippen molar-refractivity contribution in [3.05, 3.63) is 0 Å². The summed E-state index contributed by atoms with van der Waals surface area (Å²) in [5, 5.41) is 0. The van der Waals surface area contributed by atoms with Gasteiger partial charge in [0.05, 0.1) is 0 Å². The molecule has 0 spiro atoms. The van der Waals surface area contributed by atoms with Gasteiger partial charge in [-0.3, -0.25) is 0 Å². The Hall–Kier alpha value is 0. The number of rotatable bonds is 6. The van der Waals surface area contributed by atoms with E-state index in [9.17, 15) is 0 Å². The van der Waals surface area contributed by atoms with Crippen molar-refractivity contribution in [2.24, 2.45) is 17.3 Å². The highest BCUT2D eigenvalue weighted by atomic mass is 14.5. The molecule has 0 aromatic carbocycles. The predicted octanol–water partition coefficient (Wildman–Crippen LogP) is 5.03. The van der Waals surface area contributed by atoms with E-state index >= 15 is 0 Å². The summed E-state index contributed by atoms with van der Waals surface area (Å²) in [5.41, 5.74) is 0.703. The Balaban J connectivity index is 2.25. The summed E-state index contributed by atoms with van der Waals surface area (Å²) in [4.78, 5) is 0. The maximum Gasteiger partial charge on any atom is -0.0295 e. The molecule has 0 aromatic heterocycles. The first-order valence-corrected chi connectivity index (χ1v) is 6.64. The molecule has 0 N–H and O–H groups in total. The molecule has 0 heteroatoms. The van der Waals surface area contributed by atoms with Gasteiger partial charge in [-0.2, -0.15) is 0 Å². The Morgan fingerprint density at radius 3 is 2.36 bits per heavy atom. The van der Waals surface area contributed by atoms with Crippen LogP contribution in [0.15, 0.2) is 0 Å². The third-order valence-corrected chi connectivity index (χ3v) is 4.55. The third kappa shape index (κ3) is 2.52. The standard InChI is InChI=1S/C14H28/c1-5-7-8-10-14(4)11-13(9-6-2)12(14)3/h12-13H,5-11H2,1-4H3. The quantitative estimate of drug-likeness (QED) is 0.523. The first-order valence-electron chi connectivity index (χ1n) is 6.64. The van der Waals surface area contributed by atoms with E-state index in [1.807, 2.05) is 0 Å². The van der Waals surface area contributed by atoms with Gasteiger partial charge in [-0.05, 0) is 30.1 Å². The van der Waals surface area contributed by atoms with Gasteiger partial charge >= 0.3 is 0 Å². The lowest BCUT2D eigenvalue weighted by Gasteiger charge is -2.53. The van der Waals surface area contributed by atoms with Gasteiger partial charge in [0, 0.05) is 0 Å². The molecule has 1 aliphatic rings. The molecule has 0 amide bonds. The van der Waals surface area contributed by atoms with Crippen molar-refractivity contribution >= 4 is 0 Å². The van der Waals surface area contributed by atoms with E-state index in [4.69, 9.17) is 0 Å². The molecular weight excluding hydrogens is 168 g/mol. The maximum absolute atomic E-state index is 2.51. The number of hydrogen-bond acceptors (Lipinski definition) is 0. The zero-order valence-corrected chi connectivity index (χ0v) is 10.6. The van der Waals surface area contributed by atoms with Gasteiger partial charge in [0.25, 0.3) is 0 Å². The molecule has 0 aromatic rings. The minimum atomic E-state index is 0.703. The molecular formula is C14H28. The average Bonchev–Trinajstić information content (AvgIpc) is 2.18. The molecule has 84 valence electrons. The lowest BCUT2D eigenvalue weighted by Crippen LogP contribution is -2.44. The van der Waals surface area contributed by atoms with E-state index in [2.05, 4.69) is 27.7 Å². The predicted molar refractivity (Wildman–Crippen MR) is 64.4 cm³/mol. The molecule has 3 atom stereocenters. The van der Waals surface area contributed by atoms with E-state index in [0.29, 0.717) is 5.41 Å². The molecule has 3 unspecified atom stereocenters. The normalized spacial score (nSPS) is 36.9. The van der Waals surface area contributed by atoms with E-state index in [1.54, 1.807) is 0 Å². The van der Waals surface area contributed by atoms with E-state index < -0.39 is 0 Å². The lowest BCUT2D eigenvalue weighted by atomic mass is 9.52. The monoisotopic (exact) mass is 196 g/mol. The third-order valence-electron chi connectivity index (χ3n) is 4.55. The highest BCUT2D eigenvalue weighted by molar-refractivity contribution is 4.95. The van der Waals surface area contributed by atoms with Crippen molar-refractivity contribution in [2.75, 3.05) is 0 Å². The average molecular weight is 196 g/mol. The largest absolute Gasteiger partial charge is 0.0654 e. The zero-order chi connectivity index (χ0) is 10.6. The van der Waals surface area contributed by atoms with Crippen LogP contribution in [0.25, 0.3) is 0 Å². The molecule has 1 fully saturated rings. The minimum Gasteiger partial charge on any atom is -0.0654 e. The van der Waals surface area contributed by atoms with E-state index in [0.717, 1.165) is 11.8 Å². The van der Waals surface area contributed by atoms with Crippen LogP contribution in [0.1, 0.15) is 72.6 Å². The first-order chi connectivity index (χ1) is 6.64. The van der Waals surface area contributed by atoms with Crippen molar-refractivity contribution in [3.63, 3.8) is 0 Å². The Morgan fingerprint density at radius 2 is 1.86 bits per heavy atom. The van der Waals surface area contributed by atoms with E-state index in [1.165, 1.54) is 44.9 Å². The summed E-state index contributed by atoms with van der Waals surface area (Å²) >= 11 is 0. The van der Waals surface area contributed by atoms with Crippen molar-refractivity contribution < 1.29 is 0 Å². The number of hydrogen-bond donors (Lipinski definition) is 0. The maximum atomic E-state index is 2.51. The Labute approximate surface area is 90.5 Å². The molecule has 0 radical (unpaired) electrons. The van der Waals surface area contributed by atoms with Crippen molar-refractivity contribution in [1.29, 1.82) is 0 Å². The molecule has 1 rings (SSSR count). The molecule has 0 bridgehead atoms. The van der Waals surface area contributed by atoms with Crippen LogP contribution in [-0.4, -0.2) is 0 Å². The molecule has 0 aliphatic heterocycles. The lowest BCUT2D eigenvalue weighted by molar-refractivity contribution is -0.0285. The molecule has 0 saturated heterocycles. The van der Waals surface area contributed by atoms with Crippen LogP contribution < -0.4 is 0 Å². The van der Waals surface area contributed by atoms with Crippen molar-refractivity contribution in [3.8, 4) is 0 Å². The molecule has 14 heavy (non-hydrogen) atoms. The fraction of sp³-hybridized carbons (Fsp3) is 1.00. The summed E-state index contributed by atoms with van der Waals surface area (Å²) in [6.07, 6.45) is 10.1. The zero-order valence-electron chi connectivity index (χ0n) is 10.6. The summed E-state index contributed by atoms with van der Waals surface area (Å²) < 4.78 is 0. The smallest absolute Gasteiger partial charge is 0.0295 e. The second-order valence-corrected chi connectivity index (χ2v) is 5.65. The molecule has 0 heterocycles. The van der Waals surface area contributed by atoms with Crippen LogP contribution in [0.3, 0.4) is 0 Å². The summed E-state index contributed by atoms with van der Waals surface area (Å²) in [5.74, 6) is 2.03. The first kappa shape index (κ1) is 12.1. The summed E-state index contributed by atoms with van der Waals surface area (Å²) in [7, 11) is 0. The van der Waals surface area contributed by atoms with Gasteiger partial charge in [0.15, 0.2) is 0 Å². The van der Waals surface area contributed by atoms with Gasteiger partial charge in [0.1, 0.15) is 0 Å². The van der Waals surface area contributed by atoms with E-state index in [-0.39, 0.29) is 0 Å². The molecule has 1 aliphatic carbocycles. The van der Waals surface area contributed by atoms with Gasteiger partial charge < -0.3 is 0 Å². The van der Waals surface area contributed by atoms with Gasteiger partial charge in [-0.1, -0.05) is 59.8 Å². The van der Waals surface area contributed by atoms with Crippen LogP contribution >= 0.6 is 0 Å². The Morgan fingerprint density at radius 1 is 1.14 bits per heavy atom. The van der Waals surface area contributed by atoms with Crippen LogP contribution in [0, 0.1) is 17.3 Å².